The van der Waals surface area contributed by atoms with E-state index >= 15 is 0 Å². The Hall–Kier alpha value is -0.370. The van der Waals surface area contributed by atoms with Crippen molar-refractivity contribution in [3.8, 4) is 0 Å². The number of rotatable bonds is 3. The quantitative estimate of drug-likeness (QED) is 0.548. The van der Waals surface area contributed by atoms with E-state index in [9.17, 15) is 4.79 Å². The lowest BCUT2D eigenvalue weighted by Crippen LogP contribution is -2.30. The highest BCUT2D eigenvalue weighted by molar-refractivity contribution is 5.49. The number of piperidine rings is 1. The van der Waals surface area contributed by atoms with Gasteiger partial charge >= 0.3 is 0 Å². The first-order valence-corrected chi connectivity index (χ1v) is 4.09. The van der Waals surface area contributed by atoms with E-state index < -0.39 is 0 Å². The number of nitrogens with zero attached hydrogens (tertiary/aromatic N) is 1. The van der Waals surface area contributed by atoms with Gasteiger partial charge in [-0.3, -0.25) is 0 Å². The summed E-state index contributed by atoms with van der Waals surface area (Å²) in [6.45, 7) is 3.38. The molecule has 0 aromatic heterocycles. The van der Waals surface area contributed by atoms with Gasteiger partial charge in [0.1, 0.15) is 6.29 Å². The van der Waals surface area contributed by atoms with Gasteiger partial charge in [-0.1, -0.05) is 6.42 Å². The molecule has 0 N–H and O–H groups in total. The van der Waals surface area contributed by atoms with Gasteiger partial charge in [-0.15, -0.1) is 0 Å². The average molecular weight is 141 g/mol. The van der Waals surface area contributed by atoms with E-state index in [-0.39, 0.29) is 0 Å². The van der Waals surface area contributed by atoms with Crippen molar-refractivity contribution in [1.82, 2.24) is 4.90 Å². The van der Waals surface area contributed by atoms with Crippen LogP contribution in [0.3, 0.4) is 0 Å². The number of hydrogen-bond acceptors (Lipinski definition) is 2. The third-order valence-electron chi connectivity index (χ3n) is 2.01. The number of likely N-dealkylation sites (tertiary alicyclic amines) is 1. The van der Waals surface area contributed by atoms with E-state index in [1.54, 1.807) is 0 Å². The Morgan fingerprint density at radius 2 is 1.90 bits per heavy atom. The monoisotopic (exact) mass is 141 g/mol. The lowest BCUT2D eigenvalue weighted by molar-refractivity contribution is -0.108. The highest BCUT2D eigenvalue weighted by Gasteiger charge is 2.07. The molecule has 0 atom stereocenters. The molecule has 0 spiro atoms. The Balaban J connectivity index is 2.07. The van der Waals surface area contributed by atoms with Crippen LogP contribution in [0.15, 0.2) is 0 Å². The maximum atomic E-state index is 10.0. The second kappa shape index (κ2) is 4.45. The molecule has 10 heavy (non-hydrogen) atoms. The lowest BCUT2D eigenvalue weighted by Gasteiger charge is -2.25. The predicted molar refractivity (Wildman–Crippen MR) is 41.0 cm³/mol. The molecule has 1 aliphatic rings. The maximum absolute atomic E-state index is 10.0. The minimum Gasteiger partial charge on any atom is -0.303 e. The van der Waals surface area contributed by atoms with Gasteiger partial charge in [0.2, 0.25) is 0 Å². The van der Waals surface area contributed by atoms with Crippen LogP contribution in [0.4, 0.5) is 0 Å². The summed E-state index contributed by atoms with van der Waals surface area (Å²) in [7, 11) is 0. The first kappa shape index (κ1) is 7.73. The Morgan fingerprint density at radius 3 is 2.50 bits per heavy atom. The van der Waals surface area contributed by atoms with Crippen molar-refractivity contribution in [3.63, 3.8) is 0 Å². The van der Waals surface area contributed by atoms with Crippen LogP contribution in [0.1, 0.15) is 25.7 Å². The molecule has 2 nitrogen and oxygen atoms in total. The van der Waals surface area contributed by atoms with Gasteiger partial charge in [0, 0.05) is 13.0 Å². The van der Waals surface area contributed by atoms with E-state index in [2.05, 4.69) is 4.90 Å². The van der Waals surface area contributed by atoms with Crippen LogP contribution in [0, 0.1) is 0 Å². The van der Waals surface area contributed by atoms with Gasteiger partial charge in [-0.25, -0.2) is 0 Å². The van der Waals surface area contributed by atoms with E-state index in [0.29, 0.717) is 6.42 Å². The minimum atomic E-state index is 0.708. The molecule has 1 saturated heterocycles. The fraction of sp³-hybridized carbons (Fsp3) is 0.875. The Bertz CT molecular complexity index is 97.4. The summed E-state index contributed by atoms with van der Waals surface area (Å²) in [6, 6.07) is 0. The van der Waals surface area contributed by atoms with Crippen LogP contribution in [0.2, 0.25) is 0 Å². The van der Waals surface area contributed by atoms with Gasteiger partial charge in [0.05, 0.1) is 0 Å². The number of carbonyl (C=O) groups is 1. The van der Waals surface area contributed by atoms with E-state index in [4.69, 9.17) is 0 Å². The maximum Gasteiger partial charge on any atom is 0.121 e. The molecule has 0 saturated carbocycles. The Kier molecular flexibility index (Phi) is 3.44. The molecule has 0 aliphatic carbocycles. The van der Waals surface area contributed by atoms with Gasteiger partial charge in [0.25, 0.3) is 0 Å². The molecule has 1 rings (SSSR count). The number of aldehydes is 1. The third-order valence-corrected chi connectivity index (χ3v) is 2.01. The summed E-state index contributed by atoms with van der Waals surface area (Å²) in [5.41, 5.74) is 0. The predicted octanol–water partition coefficient (Wildman–Crippen LogP) is 1.06. The molecule has 2 heteroatoms. The van der Waals surface area contributed by atoms with Gasteiger partial charge < -0.3 is 9.69 Å². The van der Waals surface area contributed by atoms with Crippen LogP contribution in [-0.2, 0) is 4.79 Å². The summed E-state index contributed by atoms with van der Waals surface area (Å²) in [6.07, 6.45) is 5.73. The Labute approximate surface area is 62.2 Å². The van der Waals surface area contributed by atoms with E-state index in [1.807, 2.05) is 0 Å². The molecule has 0 bridgehead atoms. The zero-order valence-corrected chi connectivity index (χ0v) is 6.38. The molecule has 1 fully saturated rings. The topological polar surface area (TPSA) is 20.3 Å². The van der Waals surface area contributed by atoms with Crippen LogP contribution >= 0.6 is 0 Å². The number of carbonyl (C=O) groups excluding carboxylic acids is 1. The van der Waals surface area contributed by atoms with Gasteiger partial charge in [-0.05, 0) is 25.9 Å². The summed E-state index contributed by atoms with van der Waals surface area (Å²) in [4.78, 5) is 12.4. The summed E-state index contributed by atoms with van der Waals surface area (Å²) in [5, 5.41) is 0. The van der Waals surface area contributed by atoms with Crippen molar-refractivity contribution in [2.75, 3.05) is 19.6 Å². The third kappa shape index (κ3) is 2.48. The lowest BCUT2D eigenvalue weighted by atomic mass is 10.1. The standard InChI is InChI=1S/C8H15NO/c10-8-4-7-9-5-2-1-3-6-9/h8H,1-7H2. The van der Waals surface area contributed by atoms with Crippen molar-refractivity contribution in [2.24, 2.45) is 0 Å². The van der Waals surface area contributed by atoms with E-state index in [1.165, 1.54) is 32.4 Å². The van der Waals surface area contributed by atoms with Crippen molar-refractivity contribution in [3.05, 3.63) is 0 Å². The first-order valence-electron chi connectivity index (χ1n) is 4.09. The van der Waals surface area contributed by atoms with Gasteiger partial charge in [-0.2, -0.15) is 0 Å². The fourth-order valence-corrected chi connectivity index (χ4v) is 1.42. The number of hydrogen-bond donors (Lipinski definition) is 0. The van der Waals surface area contributed by atoms with Crippen LogP contribution in [-0.4, -0.2) is 30.8 Å². The molecule has 0 radical (unpaired) electrons. The highest BCUT2D eigenvalue weighted by atomic mass is 16.1. The molecule has 0 aromatic rings. The SMILES string of the molecule is O=CCCN1CCCCC1. The first-order chi connectivity index (χ1) is 4.93. The normalized spacial score (nSPS) is 20.8. The molecular weight excluding hydrogens is 126 g/mol. The van der Waals surface area contributed by atoms with Crippen molar-refractivity contribution < 1.29 is 4.79 Å². The van der Waals surface area contributed by atoms with Crippen LogP contribution in [0.25, 0.3) is 0 Å². The molecule has 1 heterocycles. The minimum absolute atomic E-state index is 0.708. The summed E-state index contributed by atoms with van der Waals surface area (Å²) >= 11 is 0. The second-order valence-corrected chi connectivity index (χ2v) is 2.86. The van der Waals surface area contributed by atoms with Crippen LogP contribution in [0.5, 0.6) is 0 Å². The van der Waals surface area contributed by atoms with Crippen molar-refractivity contribution in [2.45, 2.75) is 25.7 Å². The molecule has 0 unspecified atom stereocenters. The smallest absolute Gasteiger partial charge is 0.121 e. The Morgan fingerprint density at radius 1 is 1.20 bits per heavy atom. The largest absolute Gasteiger partial charge is 0.303 e. The second-order valence-electron chi connectivity index (χ2n) is 2.86. The van der Waals surface area contributed by atoms with E-state index in [0.717, 1.165) is 12.8 Å². The molecule has 0 amide bonds. The van der Waals surface area contributed by atoms with Crippen molar-refractivity contribution >= 4 is 6.29 Å². The van der Waals surface area contributed by atoms with Crippen molar-refractivity contribution in [1.29, 1.82) is 0 Å². The fourth-order valence-electron chi connectivity index (χ4n) is 1.42. The summed E-state index contributed by atoms with van der Waals surface area (Å²) < 4.78 is 0. The molecular formula is C8H15NO. The zero-order chi connectivity index (χ0) is 7.23. The average Bonchev–Trinajstić information content (AvgIpc) is 2.03. The molecule has 58 valence electrons. The molecule has 1 aliphatic heterocycles. The van der Waals surface area contributed by atoms with Gasteiger partial charge in [0.15, 0.2) is 0 Å². The highest BCUT2D eigenvalue weighted by Crippen LogP contribution is 2.07. The zero-order valence-electron chi connectivity index (χ0n) is 6.38. The summed E-state index contributed by atoms with van der Waals surface area (Å²) in [5.74, 6) is 0. The molecule has 0 aromatic carbocycles. The van der Waals surface area contributed by atoms with Crippen LogP contribution < -0.4 is 0 Å².